The van der Waals surface area contributed by atoms with E-state index in [2.05, 4.69) is 0 Å². The van der Waals surface area contributed by atoms with Gasteiger partial charge < -0.3 is 9.84 Å². The molecule has 1 atom stereocenters. The van der Waals surface area contributed by atoms with Gasteiger partial charge in [0.2, 0.25) is 0 Å². The third-order valence-corrected chi connectivity index (χ3v) is 1.90. The molecule has 1 heterocycles. The molecule has 0 aromatic heterocycles. The molecule has 0 aromatic rings. The van der Waals surface area contributed by atoms with E-state index in [-0.39, 0.29) is 6.61 Å². The third-order valence-electron chi connectivity index (χ3n) is 1.90. The Hall–Kier alpha value is -0.870. The molecule has 0 aromatic carbocycles. The smallest absolute Gasteiger partial charge is 0.323 e. The van der Waals surface area contributed by atoms with E-state index in [9.17, 15) is 4.79 Å². The van der Waals surface area contributed by atoms with Crippen LogP contribution >= 0.6 is 0 Å². The molecule has 4 nitrogen and oxygen atoms in total. The van der Waals surface area contributed by atoms with Crippen LogP contribution in [0.3, 0.4) is 0 Å². The van der Waals surface area contributed by atoms with E-state index < -0.39 is 12.0 Å². The lowest BCUT2D eigenvalue weighted by Gasteiger charge is -2.22. The maximum Gasteiger partial charge on any atom is 0.323 e. The fourth-order valence-electron chi connectivity index (χ4n) is 1.24. The van der Waals surface area contributed by atoms with Gasteiger partial charge in [-0.3, -0.25) is 9.69 Å². The highest BCUT2D eigenvalue weighted by molar-refractivity contribution is 5.73. The molecule has 0 spiro atoms. The van der Waals surface area contributed by atoms with Crippen molar-refractivity contribution < 1.29 is 14.6 Å². The summed E-state index contributed by atoms with van der Waals surface area (Å²) >= 11 is 0. The van der Waals surface area contributed by atoms with Crippen LogP contribution in [0, 0.1) is 0 Å². The highest BCUT2D eigenvalue weighted by atomic mass is 16.5. The number of methoxy groups -OCH3 is 1. The summed E-state index contributed by atoms with van der Waals surface area (Å²) in [5.41, 5.74) is 0. The molecule has 0 saturated carbocycles. The number of carboxylic acid groups (broad SMARTS) is 1. The number of aliphatic carboxylic acids is 1. The van der Waals surface area contributed by atoms with Crippen LogP contribution in [-0.4, -0.2) is 48.8 Å². The molecule has 1 rings (SSSR count). The second-order valence-corrected chi connectivity index (χ2v) is 2.73. The third kappa shape index (κ3) is 2.06. The second kappa shape index (κ2) is 4.23. The van der Waals surface area contributed by atoms with Gasteiger partial charge in [0.25, 0.3) is 0 Å². The summed E-state index contributed by atoms with van der Waals surface area (Å²) in [6.45, 7) is 1.66. The Balaban J connectivity index is 2.47. The Morgan fingerprint density at radius 1 is 1.67 bits per heavy atom. The molecule has 68 valence electrons. The van der Waals surface area contributed by atoms with Crippen molar-refractivity contribution in [3.05, 3.63) is 12.2 Å². The molecule has 0 radical (unpaired) electrons. The topological polar surface area (TPSA) is 49.8 Å². The van der Waals surface area contributed by atoms with Gasteiger partial charge in [-0.25, -0.2) is 0 Å². The molecule has 4 heteroatoms. The zero-order valence-corrected chi connectivity index (χ0v) is 7.06. The standard InChI is InChI=1S/C8H13NO3/c1-12-6-7(8(10)11)9-4-2-3-5-9/h2-3,7H,4-6H2,1H3,(H,10,11). The maximum atomic E-state index is 10.7. The molecule has 0 aliphatic carbocycles. The Labute approximate surface area is 71.4 Å². The molecular formula is C8H13NO3. The highest BCUT2D eigenvalue weighted by Gasteiger charge is 2.25. The Bertz CT molecular complexity index is 183. The first-order valence-electron chi connectivity index (χ1n) is 3.86. The Morgan fingerprint density at radius 3 is 2.67 bits per heavy atom. The van der Waals surface area contributed by atoms with Crippen molar-refractivity contribution in [2.24, 2.45) is 0 Å². The van der Waals surface area contributed by atoms with Gasteiger partial charge in [0.1, 0.15) is 6.04 Å². The van der Waals surface area contributed by atoms with Crippen molar-refractivity contribution in [3.63, 3.8) is 0 Å². The van der Waals surface area contributed by atoms with Gasteiger partial charge in [-0.2, -0.15) is 0 Å². The van der Waals surface area contributed by atoms with Crippen molar-refractivity contribution in [2.75, 3.05) is 26.8 Å². The lowest BCUT2D eigenvalue weighted by molar-refractivity contribution is -0.144. The number of carbonyl (C=O) groups is 1. The van der Waals surface area contributed by atoms with Crippen molar-refractivity contribution >= 4 is 5.97 Å². The zero-order chi connectivity index (χ0) is 8.97. The average molecular weight is 171 g/mol. The number of ether oxygens (including phenoxy) is 1. The van der Waals surface area contributed by atoms with Crippen LogP contribution in [0.25, 0.3) is 0 Å². The molecule has 12 heavy (non-hydrogen) atoms. The zero-order valence-electron chi connectivity index (χ0n) is 7.06. The van der Waals surface area contributed by atoms with E-state index in [4.69, 9.17) is 9.84 Å². The van der Waals surface area contributed by atoms with Crippen LogP contribution in [0.5, 0.6) is 0 Å². The van der Waals surface area contributed by atoms with Gasteiger partial charge in [-0.15, -0.1) is 0 Å². The first kappa shape index (κ1) is 9.22. The van der Waals surface area contributed by atoms with E-state index in [0.29, 0.717) is 13.1 Å². The molecular weight excluding hydrogens is 158 g/mol. The molecule has 0 bridgehead atoms. The average Bonchev–Trinajstić information content (AvgIpc) is 2.51. The predicted octanol–water partition coefficient (Wildman–Crippen LogP) is -0.0422. The molecule has 1 unspecified atom stereocenters. The molecule has 1 aliphatic rings. The summed E-state index contributed by atoms with van der Waals surface area (Å²) in [5, 5.41) is 8.82. The Morgan fingerprint density at radius 2 is 2.25 bits per heavy atom. The summed E-state index contributed by atoms with van der Waals surface area (Å²) in [6, 6.07) is -0.509. The van der Waals surface area contributed by atoms with Crippen molar-refractivity contribution in [1.29, 1.82) is 0 Å². The molecule has 1 N–H and O–H groups in total. The van der Waals surface area contributed by atoms with Crippen LogP contribution < -0.4 is 0 Å². The largest absolute Gasteiger partial charge is 0.480 e. The number of hydrogen-bond acceptors (Lipinski definition) is 3. The number of nitrogens with zero attached hydrogens (tertiary/aromatic N) is 1. The van der Waals surface area contributed by atoms with Crippen molar-refractivity contribution in [3.8, 4) is 0 Å². The second-order valence-electron chi connectivity index (χ2n) is 2.73. The van der Waals surface area contributed by atoms with Crippen LogP contribution in [-0.2, 0) is 9.53 Å². The minimum Gasteiger partial charge on any atom is -0.480 e. The molecule has 0 fully saturated rings. The van der Waals surface area contributed by atoms with E-state index in [1.807, 2.05) is 17.1 Å². The van der Waals surface area contributed by atoms with Gasteiger partial charge in [-0.1, -0.05) is 12.2 Å². The normalized spacial score (nSPS) is 19.8. The van der Waals surface area contributed by atoms with Gasteiger partial charge in [0, 0.05) is 20.2 Å². The molecule has 0 saturated heterocycles. The summed E-state index contributed by atoms with van der Waals surface area (Å²) in [7, 11) is 1.51. The van der Waals surface area contributed by atoms with Gasteiger partial charge in [0.15, 0.2) is 0 Å². The van der Waals surface area contributed by atoms with Crippen molar-refractivity contribution in [1.82, 2.24) is 4.90 Å². The maximum absolute atomic E-state index is 10.7. The van der Waals surface area contributed by atoms with Gasteiger partial charge in [-0.05, 0) is 0 Å². The summed E-state index contributed by atoms with van der Waals surface area (Å²) in [4.78, 5) is 12.6. The van der Waals surface area contributed by atoms with Crippen LogP contribution in [0.4, 0.5) is 0 Å². The lowest BCUT2D eigenvalue weighted by atomic mass is 10.3. The Kier molecular flexibility index (Phi) is 3.25. The number of carboxylic acids is 1. The summed E-state index contributed by atoms with van der Waals surface area (Å²) < 4.78 is 4.83. The highest BCUT2D eigenvalue weighted by Crippen LogP contribution is 2.06. The lowest BCUT2D eigenvalue weighted by Crippen LogP contribution is -2.42. The minimum atomic E-state index is -0.819. The summed E-state index contributed by atoms with van der Waals surface area (Å²) in [6.07, 6.45) is 3.93. The van der Waals surface area contributed by atoms with E-state index in [1.165, 1.54) is 7.11 Å². The van der Waals surface area contributed by atoms with E-state index >= 15 is 0 Å². The van der Waals surface area contributed by atoms with Crippen LogP contribution in [0.2, 0.25) is 0 Å². The summed E-state index contributed by atoms with van der Waals surface area (Å²) in [5.74, 6) is -0.819. The van der Waals surface area contributed by atoms with Gasteiger partial charge >= 0.3 is 5.97 Å². The first-order chi connectivity index (χ1) is 5.75. The minimum absolute atomic E-state index is 0.247. The molecule has 1 aliphatic heterocycles. The van der Waals surface area contributed by atoms with Gasteiger partial charge in [0.05, 0.1) is 6.61 Å². The van der Waals surface area contributed by atoms with E-state index in [0.717, 1.165) is 0 Å². The first-order valence-corrected chi connectivity index (χ1v) is 3.86. The number of hydrogen-bond donors (Lipinski definition) is 1. The molecule has 0 amide bonds. The monoisotopic (exact) mass is 171 g/mol. The number of rotatable bonds is 4. The van der Waals surface area contributed by atoms with Crippen molar-refractivity contribution in [2.45, 2.75) is 6.04 Å². The fraction of sp³-hybridized carbons (Fsp3) is 0.625. The van der Waals surface area contributed by atoms with Crippen LogP contribution in [0.1, 0.15) is 0 Å². The predicted molar refractivity (Wildman–Crippen MR) is 44.0 cm³/mol. The van der Waals surface area contributed by atoms with E-state index in [1.54, 1.807) is 0 Å². The quantitative estimate of drug-likeness (QED) is 0.603. The fourth-order valence-corrected chi connectivity index (χ4v) is 1.24. The van der Waals surface area contributed by atoms with Crippen LogP contribution in [0.15, 0.2) is 12.2 Å². The SMILES string of the molecule is COCC(C(=O)O)N1CC=CC1.